The molecule has 0 radical (unpaired) electrons. The van der Waals surface area contributed by atoms with Gasteiger partial charge >= 0.3 is 0 Å². The SMILES string of the molecule is c1ccc(-c2cc(-c3ccccc3)nc(-c3cccc(-c4ccc5c(c4)c4ccccc4n5-c4cccc(-c5cccc6c7ccccc7n(-c7ccccc7)c56)c4)c3)c2)cc1. The van der Waals surface area contributed by atoms with Crippen LogP contribution in [0, 0.1) is 0 Å². The van der Waals surface area contributed by atoms with Gasteiger partial charge in [-0.3, -0.25) is 0 Å². The van der Waals surface area contributed by atoms with Crippen molar-refractivity contribution in [3.05, 3.63) is 237 Å². The molecule has 0 amide bonds. The molecule has 0 bridgehead atoms. The van der Waals surface area contributed by atoms with Crippen LogP contribution in [0.1, 0.15) is 0 Å². The molecule has 62 heavy (non-hydrogen) atoms. The summed E-state index contributed by atoms with van der Waals surface area (Å²) in [6.45, 7) is 0. The average Bonchev–Trinajstić information content (AvgIpc) is 3.88. The molecule has 3 heteroatoms. The van der Waals surface area contributed by atoms with E-state index in [4.69, 9.17) is 4.98 Å². The third-order valence-corrected chi connectivity index (χ3v) is 12.3. The number of rotatable bonds is 7. The number of nitrogens with zero attached hydrogens (tertiary/aromatic N) is 3. The van der Waals surface area contributed by atoms with Gasteiger partial charge in [-0.2, -0.15) is 0 Å². The molecule has 0 aliphatic heterocycles. The number of hydrogen-bond donors (Lipinski definition) is 0. The van der Waals surface area contributed by atoms with Crippen molar-refractivity contribution in [2.75, 3.05) is 0 Å². The lowest BCUT2D eigenvalue weighted by Gasteiger charge is -2.14. The second kappa shape index (κ2) is 14.8. The molecule has 290 valence electrons. The lowest BCUT2D eigenvalue weighted by molar-refractivity contribution is 1.17. The predicted molar refractivity (Wildman–Crippen MR) is 260 cm³/mol. The van der Waals surface area contributed by atoms with Crippen LogP contribution in [0.15, 0.2) is 237 Å². The number of benzene rings is 9. The molecule has 12 aromatic rings. The number of fused-ring (bicyclic) bond motifs is 6. The summed E-state index contributed by atoms with van der Waals surface area (Å²) in [7, 11) is 0. The molecule has 0 N–H and O–H groups in total. The minimum Gasteiger partial charge on any atom is -0.309 e. The van der Waals surface area contributed by atoms with E-state index in [1.165, 1.54) is 65.9 Å². The fourth-order valence-corrected chi connectivity index (χ4v) is 9.43. The van der Waals surface area contributed by atoms with Gasteiger partial charge in [0.2, 0.25) is 0 Å². The summed E-state index contributed by atoms with van der Waals surface area (Å²) in [4.78, 5) is 5.23. The maximum Gasteiger partial charge on any atom is 0.0715 e. The monoisotopic (exact) mass is 789 g/mol. The zero-order valence-electron chi connectivity index (χ0n) is 33.9. The van der Waals surface area contributed by atoms with Gasteiger partial charge in [0.1, 0.15) is 0 Å². The lowest BCUT2D eigenvalue weighted by Crippen LogP contribution is -1.97. The molecule has 0 saturated heterocycles. The quantitative estimate of drug-likeness (QED) is 0.158. The Morgan fingerprint density at radius 2 is 0.774 bits per heavy atom. The molecule has 0 unspecified atom stereocenters. The van der Waals surface area contributed by atoms with Gasteiger partial charge in [-0.25, -0.2) is 4.98 Å². The standard InChI is InChI=1S/C59H39N3/c1-4-17-40(18-5-1)46-38-54(41-19-6-2-7-20-41)60-55(39-46)45-23-14-21-42(35-45)43-33-34-58-53(37-43)51-28-11-12-31-56(51)61(58)48-26-15-22-44(36-48)49-29-16-30-52-50-27-10-13-32-57(50)62(59(49)52)47-24-8-3-9-25-47/h1-39H. The van der Waals surface area contributed by atoms with Crippen LogP contribution >= 0.6 is 0 Å². The largest absolute Gasteiger partial charge is 0.309 e. The Hall–Kier alpha value is -8.27. The van der Waals surface area contributed by atoms with E-state index >= 15 is 0 Å². The number of aromatic nitrogens is 3. The van der Waals surface area contributed by atoms with E-state index in [-0.39, 0.29) is 0 Å². The van der Waals surface area contributed by atoms with Gasteiger partial charge in [0.25, 0.3) is 0 Å². The van der Waals surface area contributed by atoms with E-state index in [0.717, 1.165) is 45.0 Å². The zero-order valence-corrected chi connectivity index (χ0v) is 33.9. The van der Waals surface area contributed by atoms with Gasteiger partial charge < -0.3 is 9.13 Å². The minimum absolute atomic E-state index is 0.949. The van der Waals surface area contributed by atoms with E-state index in [1.54, 1.807) is 0 Å². The summed E-state index contributed by atoms with van der Waals surface area (Å²) in [5, 5.41) is 4.94. The van der Waals surface area contributed by atoms with Crippen molar-refractivity contribution in [3.8, 4) is 67.3 Å². The molecule has 12 rings (SSSR count). The summed E-state index contributed by atoms with van der Waals surface area (Å²) < 4.78 is 4.84. The molecule has 3 heterocycles. The summed E-state index contributed by atoms with van der Waals surface area (Å²) >= 11 is 0. The van der Waals surface area contributed by atoms with Gasteiger partial charge in [0, 0.05) is 49.6 Å². The minimum atomic E-state index is 0.949. The smallest absolute Gasteiger partial charge is 0.0715 e. The van der Waals surface area contributed by atoms with Crippen LogP contribution in [-0.2, 0) is 0 Å². The normalized spacial score (nSPS) is 11.5. The second-order valence-electron chi connectivity index (χ2n) is 16.0. The first-order valence-corrected chi connectivity index (χ1v) is 21.2. The van der Waals surface area contributed by atoms with E-state index in [1.807, 2.05) is 0 Å². The van der Waals surface area contributed by atoms with Gasteiger partial charge in [0.15, 0.2) is 0 Å². The fraction of sp³-hybridized carbons (Fsp3) is 0. The highest BCUT2D eigenvalue weighted by atomic mass is 15.0. The third-order valence-electron chi connectivity index (χ3n) is 12.3. The molecule has 3 nitrogen and oxygen atoms in total. The predicted octanol–water partition coefficient (Wildman–Crippen LogP) is 15.6. The number of pyridine rings is 1. The van der Waals surface area contributed by atoms with Crippen LogP contribution in [-0.4, -0.2) is 14.1 Å². The topological polar surface area (TPSA) is 22.8 Å². The highest BCUT2D eigenvalue weighted by Crippen LogP contribution is 2.41. The summed E-state index contributed by atoms with van der Waals surface area (Å²) in [6, 6.07) is 85.2. The van der Waals surface area contributed by atoms with Crippen LogP contribution < -0.4 is 0 Å². The van der Waals surface area contributed by atoms with Crippen molar-refractivity contribution in [3.63, 3.8) is 0 Å². The van der Waals surface area contributed by atoms with E-state index in [0.29, 0.717) is 0 Å². The fourth-order valence-electron chi connectivity index (χ4n) is 9.43. The molecule has 0 aliphatic carbocycles. The molecular weight excluding hydrogens is 751 g/mol. The second-order valence-corrected chi connectivity index (χ2v) is 16.0. The Morgan fingerprint density at radius 3 is 1.55 bits per heavy atom. The van der Waals surface area contributed by atoms with E-state index < -0.39 is 0 Å². The Labute approximate surface area is 360 Å². The maximum atomic E-state index is 5.23. The van der Waals surface area contributed by atoms with Crippen molar-refractivity contribution >= 4 is 43.6 Å². The van der Waals surface area contributed by atoms with E-state index in [9.17, 15) is 0 Å². The Morgan fingerprint density at radius 1 is 0.258 bits per heavy atom. The Bertz CT molecular complexity index is 3560. The van der Waals surface area contributed by atoms with Crippen LogP contribution in [0.4, 0.5) is 0 Å². The van der Waals surface area contributed by atoms with Gasteiger partial charge in [0.05, 0.1) is 33.5 Å². The average molecular weight is 790 g/mol. The third kappa shape index (κ3) is 6.02. The first-order valence-electron chi connectivity index (χ1n) is 21.2. The lowest BCUT2D eigenvalue weighted by atomic mass is 9.97. The van der Waals surface area contributed by atoms with Crippen molar-refractivity contribution in [2.24, 2.45) is 0 Å². The molecule has 3 aromatic heterocycles. The van der Waals surface area contributed by atoms with Crippen LogP contribution in [0.5, 0.6) is 0 Å². The van der Waals surface area contributed by atoms with Gasteiger partial charge in [-0.1, -0.05) is 170 Å². The molecule has 9 aromatic carbocycles. The van der Waals surface area contributed by atoms with Crippen molar-refractivity contribution in [1.82, 2.24) is 14.1 Å². The highest BCUT2D eigenvalue weighted by Gasteiger charge is 2.19. The van der Waals surface area contributed by atoms with Crippen molar-refractivity contribution < 1.29 is 0 Å². The zero-order chi connectivity index (χ0) is 41.0. The number of para-hydroxylation sites is 4. The Balaban J connectivity index is 0.979. The van der Waals surface area contributed by atoms with Crippen LogP contribution in [0.3, 0.4) is 0 Å². The summed E-state index contributed by atoms with van der Waals surface area (Å²) in [5.41, 5.74) is 18.1. The van der Waals surface area contributed by atoms with Crippen LogP contribution in [0.2, 0.25) is 0 Å². The summed E-state index contributed by atoms with van der Waals surface area (Å²) in [5.74, 6) is 0. The molecule has 0 atom stereocenters. The molecule has 0 spiro atoms. The van der Waals surface area contributed by atoms with Gasteiger partial charge in [-0.05, 0) is 94.5 Å². The molecular formula is C59H39N3. The number of hydrogen-bond acceptors (Lipinski definition) is 1. The van der Waals surface area contributed by atoms with Crippen LogP contribution in [0.25, 0.3) is 111 Å². The van der Waals surface area contributed by atoms with Crippen molar-refractivity contribution in [1.29, 1.82) is 0 Å². The van der Waals surface area contributed by atoms with Gasteiger partial charge in [-0.15, -0.1) is 0 Å². The highest BCUT2D eigenvalue weighted by molar-refractivity contribution is 6.14. The molecule has 0 aliphatic rings. The first-order chi connectivity index (χ1) is 30.7. The summed E-state index contributed by atoms with van der Waals surface area (Å²) in [6.07, 6.45) is 0. The van der Waals surface area contributed by atoms with Crippen molar-refractivity contribution in [2.45, 2.75) is 0 Å². The first kappa shape index (κ1) is 35.7. The molecule has 0 fully saturated rings. The molecule has 0 saturated carbocycles. The van der Waals surface area contributed by atoms with E-state index in [2.05, 4.69) is 246 Å². The Kier molecular flexibility index (Phi) is 8.50. The maximum absolute atomic E-state index is 5.23.